The standard InChI is InChI=1S/C16H23N3O/c1-14-15(7-5-10-17)13-18-19(14)11-6-12-20-16-8-3-2-4-9-16/h2-4,8-9,13H,5-7,10-12,17H2,1H3. The molecule has 0 fully saturated rings. The van der Waals surface area contributed by atoms with Crippen molar-refractivity contribution in [2.45, 2.75) is 32.7 Å². The van der Waals surface area contributed by atoms with Crippen molar-refractivity contribution in [2.24, 2.45) is 5.73 Å². The number of hydrogen-bond donors (Lipinski definition) is 1. The molecule has 0 radical (unpaired) electrons. The van der Waals surface area contributed by atoms with Gasteiger partial charge in [-0.3, -0.25) is 4.68 Å². The van der Waals surface area contributed by atoms with Crippen LogP contribution in [-0.4, -0.2) is 22.9 Å². The zero-order valence-corrected chi connectivity index (χ0v) is 12.1. The van der Waals surface area contributed by atoms with Crippen LogP contribution in [0.2, 0.25) is 0 Å². The van der Waals surface area contributed by atoms with Crippen molar-refractivity contribution in [1.82, 2.24) is 9.78 Å². The van der Waals surface area contributed by atoms with E-state index >= 15 is 0 Å². The van der Waals surface area contributed by atoms with Crippen LogP contribution in [0, 0.1) is 6.92 Å². The molecule has 0 saturated heterocycles. The summed E-state index contributed by atoms with van der Waals surface area (Å²) in [6.45, 7) is 4.45. The average Bonchev–Trinajstić information content (AvgIpc) is 2.83. The van der Waals surface area contributed by atoms with Crippen LogP contribution >= 0.6 is 0 Å². The topological polar surface area (TPSA) is 53.1 Å². The predicted octanol–water partition coefficient (Wildman–Crippen LogP) is 2.55. The Hall–Kier alpha value is -1.81. The van der Waals surface area contributed by atoms with Gasteiger partial charge in [0.05, 0.1) is 12.8 Å². The van der Waals surface area contributed by atoms with E-state index < -0.39 is 0 Å². The molecule has 0 bridgehead atoms. The molecule has 1 aromatic heterocycles. The molecular weight excluding hydrogens is 250 g/mol. The molecule has 0 aliphatic heterocycles. The largest absolute Gasteiger partial charge is 0.494 e. The van der Waals surface area contributed by atoms with Gasteiger partial charge < -0.3 is 10.5 Å². The SMILES string of the molecule is Cc1c(CCCN)cnn1CCCOc1ccccc1. The lowest BCUT2D eigenvalue weighted by atomic mass is 10.1. The van der Waals surface area contributed by atoms with E-state index in [1.807, 2.05) is 36.5 Å². The molecule has 2 aromatic rings. The molecule has 2 rings (SSSR count). The number of rotatable bonds is 8. The molecule has 0 aliphatic carbocycles. The first-order chi connectivity index (χ1) is 9.81. The van der Waals surface area contributed by atoms with Crippen molar-refractivity contribution in [3.05, 3.63) is 47.8 Å². The van der Waals surface area contributed by atoms with Crippen molar-refractivity contribution < 1.29 is 4.74 Å². The number of aromatic nitrogens is 2. The molecule has 108 valence electrons. The van der Waals surface area contributed by atoms with Crippen LogP contribution in [0.1, 0.15) is 24.1 Å². The molecule has 0 saturated carbocycles. The Kier molecular flexibility index (Phi) is 5.62. The second-order valence-electron chi connectivity index (χ2n) is 4.89. The third-order valence-corrected chi connectivity index (χ3v) is 3.38. The highest BCUT2D eigenvalue weighted by atomic mass is 16.5. The Morgan fingerprint density at radius 2 is 2.00 bits per heavy atom. The van der Waals surface area contributed by atoms with Crippen LogP contribution in [0.3, 0.4) is 0 Å². The maximum atomic E-state index is 5.68. The van der Waals surface area contributed by atoms with E-state index in [4.69, 9.17) is 10.5 Å². The third kappa shape index (κ3) is 4.10. The second-order valence-corrected chi connectivity index (χ2v) is 4.89. The highest BCUT2D eigenvalue weighted by molar-refractivity contribution is 5.20. The number of para-hydroxylation sites is 1. The fraction of sp³-hybridized carbons (Fsp3) is 0.438. The van der Waals surface area contributed by atoms with E-state index in [0.717, 1.165) is 38.1 Å². The number of hydrogen-bond acceptors (Lipinski definition) is 3. The zero-order valence-electron chi connectivity index (χ0n) is 12.1. The molecule has 1 aromatic carbocycles. The molecule has 2 N–H and O–H groups in total. The second kappa shape index (κ2) is 7.70. The molecule has 1 heterocycles. The molecule has 0 amide bonds. The van der Waals surface area contributed by atoms with Crippen LogP contribution in [0.5, 0.6) is 5.75 Å². The lowest BCUT2D eigenvalue weighted by molar-refractivity contribution is 0.298. The van der Waals surface area contributed by atoms with Gasteiger partial charge in [0.2, 0.25) is 0 Å². The Balaban J connectivity index is 1.75. The van der Waals surface area contributed by atoms with Gasteiger partial charge >= 0.3 is 0 Å². The molecule has 0 aliphatic rings. The number of aryl methyl sites for hydroxylation is 2. The Labute approximate surface area is 120 Å². The van der Waals surface area contributed by atoms with E-state index in [1.54, 1.807) is 0 Å². The number of ether oxygens (including phenoxy) is 1. The lowest BCUT2D eigenvalue weighted by Gasteiger charge is -2.07. The van der Waals surface area contributed by atoms with Gasteiger partial charge in [0, 0.05) is 18.7 Å². The summed E-state index contributed by atoms with van der Waals surface area (Å²) in [5.74, 6) is 0.924. The van der Waals surface area contributed by atoms with Crippen LogP contribution in [0.15, 0.2) is 36.5 Å². The summed E-state index contributed by atoms with van der Waals surface area (Å²) >= 11 is 0. The van der Waals surface area contributed by atoms with Gasteiger partial charge in [-0.05, 0) is 44.0 Å². The lowest BCUT2D eigenvalue weighted by Crippen LogP contribution is -2.08. The maximum Gasteiger partial charge on any atom is 0.119 e. The van der Waals surface area contributed by atoms with E-state index in [2.05, 4.69) is 16.7 Å². The molecule has 4 heteroatoms. The minimum absolute atomic E-state index is 0.710. The summed E-state index contributed by atoms with van der Waals surface area (Å²) in [5.41, 5.74) is 8.10. The van der Waals surface area contributed by atoms with Gasteiger partial charge in [0.1, 0.15) is 5.75 Å². The summed E-state index contributed by atoms with van der Waals surface area (Å²) in [7, 11) is 0. The van der Waals surface area contributed by atoms with Gasteiger partial charge in [-0.1, -0.05) is 18.2 Å². The molecule has 0 spiro atoms. The van der Waals surface area contributed by atoms with E-state index in [1.165, 1.54) is 11.3 Å². The summed E-state index contributed by atoms with van der Waals surface area (Å²) in [5, 5.41) is 4.43. The molecule has 20 heavy (non-hydrogen) atoms. The third-order valence-electron chi connectivity index (χ3n) is 3.38. The highest BCUT2D eigenvalue weighted by Gasteiger charge is 2.05. The highest BCUT2D eigenvalue weighted by Crippen LogP contribution is 2.11. The number of nitrogens with zero attached hydrogens (tertiary/aromatic N) is 2. The summed E-state index contributed by atoms with van der Waals surface area (Å²) in [6, 6.07) is 9.91. The van der Waals surface area contributed by atoms with Crippen molar-refractivity contribution in [1.29, 1.82) is 0 Å². The minimum Gasteiger partial charge on any atom is -0.494 e. The monoisotopic (exact) mass is 273 g/mol. The maximum absolute atomic E-state index is 5.68. The van der Waals surface area contributed by atoms with Crippen LogP contribution in [0.4, 0.5) is 0 Å². The van der Waals surface area contributed by atoms with E-state index in [0.29, 0.717) is 6.61 Å². The van der Waals surface area contributed by atoms with Crippen molar-refractivity contribution in [3.63, 3.8) is 0 Å². The van der Waals surface area contributed by atoms with Crippen LogP contribution in [0.25, 0.3) is 0 Å². The normalized spacial score (nSPS) is 10.7. The molecular formula is C16H23N3O. The Morgan fingerprint density at radius 1 is 1.20 bits per heavy atom. The molecule has 0 unspecified atom stereocenters. The first kappa shape index (κ1) is 14.6. The summed E-state index contributed by atoms with van der Waals surface area (Å²) < 4.78 is 7.74. The quantitative estimate of drug-likeness (QED) is 0.752. The number of nitrogens with two attached hydrogens (primary N) is 1. The fourth-order valence-corrected chi connectivity index (χ4v) is 2.17. The number of benzene rings is 1. The van der Waals surface area contributed by atoms with Crippen LogP contribution in [-0.2, 0) is 13.0 Å². The predicted molar refractivity (Wildman–Crippen MR) is 80.9 cm³/mol. The fourth-order valence-electron chi connectivity index (χ4n) is 2.17. The molecule has 0 atom stereocenters. The van der Waals surface area contributed by atoms with Gasteiger partial charge in [-0.25, -0.2) is 0 Å². The summed E-state index contributed by atoms with van der Waals surface area (Å²) in [4.78, 5) is 0. The molecule has 4 nitrogen and oxygen atoms in total. The van der Waals surface area contributed by atoms with Gasteiger partial charge in [0.25, 0.3) is 0 Å². The van der Waals surface area contributed by atoms with Crippen LogP contribution < -0.4 is 10.5 Å². The minimum atomic E-state index is 0.710. The van der Waals surface area contributed by atoms with E-state index in [-0.39, 0.29) is 0 Å². The summed E-state index contributed by atoms with van der Waals surface area (Å²) in [6.07, 6.45) is 4.95. The Bertz CT molecular complexity index is 508. The van der Waals surface area contributed by atoms with Gasteiger partial charge in [0.15, 0.2) is 0 Å². The first-order valence-electron chi connectivity index (χ1n) is 7.20. The van der Waals surface area contributed by atoms with E-state index in [9.17, 15) is 0 Å². The van der Waals surface area contributed by atoms with Gasteiger partial charge in [-0.2, -0.15) is 5.10 Å². The average molecular weight is 273 g/mol. The Morgan fingerprint density at radius 3 is 2.75 bits per heavy atom. The van der Waals surface area contributed by atoms with Gasteiger partial charge in [-0.15, -0.1) is 0 Å². The smallest absolute Gasteiger partial charge is 0.119 e. The van der Waals surface area contributed by atoms with Crippen molar-refractivity contribution >= 4 is 0 Å². The van der Waals surface area contributed by atoms with Crippen molar-refractivity contribution in [3.8, 4) is 5.75 Å². The van der Waals surface area contributed by atoms with Crippen molar-refractivity contribution in [2.75, 3.05) is 13.2 Å². The first-order valence-corrected chi connectivity index (χ1v) is 7.20. The zero-order chi connectivity index (χ0) is 14.2.